The number of nitro groups is 1. The number of carboxylic acid groups (broad SMARTS) is 1. The number of halogens is 2. The van der Waals surface area contributed by atoms with E-state index in [1.54, 1.807) is 6.92 Å². The molecule has 0 saturated carbocycles. The number of nitrogens with zero attached hydrogens (tertiary/aromatic N) is 1. The fourth-order valence-electron chi connectivity index (χ4n) is 1.70. The minimum Gasteiger partial charge on any atom is -0.481 e. The van der Waals surface area contributed by atoms with Gasteiger partial charge in [0.2, 0.25) is 0 Å². The van der Waals surface area contributed by atoms with Crippen LogP contribution in [-0.4, -0.2) is 22.0 Å². The van der Waals surface area contributed by atoms with Gasteiger partial charge in [-0.1, -0.05) is 11.6 Å². The van der Waals surface area contributed by atoms with E-state index in [1.165, 1.54) is 0 Å². The number of rotatable bonds is 7. The zero-order valence-corrected chi connectivity index (χ0v) is 11.5. The van der Waals surface area contributed by atoms with E-state index in [4.69, 9.17) is 16.7 Å². The van der Waals surface area contributed by atoms with E-state index >= 15 is 0 Å². The highest BCUT2D eigenvalue weighted by atomic mass is 35.5. The maximum atomic E-state index is 13.4. The molecule has 0 fully saturated rings. The van der Waals surface area contributed by atoms with Gasteiger partial charge < -0.3 is 10.4 Å². The van der Waals surface area contributed by atoms with Crippen molar-refractivity contribution in [2.75, 3.05) is 5.32 Å². The number of hydrogen-bond acceptors (Lipinski definition) is 4. The second-order valence-corrected chi connectivity index (χ2v) is 4.78. The molecular formula is C12H14ClFN2O4. The fraction of sp³-hybridized carbons (Fsp3) is 0.417. The van der Waals surface area contributed by atoms with E-state index in [1.807, 2.05) is 0 Å². The van der Waals surface area contributed by atoms with Crippen molar-refractivity contribution in [2.24, 2.45) is 0 Å². The van der Waals surface area contributed by atoms with Gasteiger partial charge in [-0.3, -0.25) is 14.9 Å². The quantitative estimate of drug-likeness (QED) is 0.594. The topological polar surface area (TPSA) is 92.5 Å². The zero-order valence-electron chi connectivity index (χ0n) is 10.7. The first kappa shape index (κ1) is 16.2. The van der Waals surface area contributed by atoms with Crippen LogP contribution in [0.15, 0.2) is 12.1 Å². The van der Waals surface area contributed by atoms with E-state index in [0.29, 0.717) is 12.8 Å². The molecule has 110 valence electrons. The third kappa shape index (κ3) is 4.65. The molecule has 0 heterocycles. The molecule has 0 saturated heterocycles. The van der Waals surface area contributed by atoms with Gasteiger partial charge in [0.1, 0.15) is 11.5 Å². The summed E-state index contributed by atoms with van der Waals surface area (Å²) in [4.78, 5) is 20.6. The van der Waals surface area contributed by atoms with Crippen molar-refractivity contribution in [1.29, 1.82) is 0 Å². The number of nitrogens with one attached hydrogen (secondary N) is 1. The Morgan fingerprint density at radius 3 is 2.80 bits per heavy atom. The normalized spacial score (nSPS) is 11.9. The van der Waals surface area contributed by atoms with Gasteiger partial charge in [0.25, 0.3) is 5.69 Å². The summed E-state index contributed by atoms with van der Waals surface area (Å²) >= 11 is 5.51. The molecule has 0 spiro atoms. The van der Waals surface area contributed by atoms with Crippen molar-refractivity contribution in [3.05, 3.63) is 33.1 Å². The van der Waals surface area contributed by atoms with Crippen LogP contribution in [0.1, 0.15) is 26.2 Å². The molecule has 0 radical (unpaired) electrons. The lowest BCUT2D eigenvalue weighted by Gasteiger charge is -2.15. The monoisotopic (exact) mass is 304 g/mol. The molecule has 0 aromatic heterocycles. The molecule has 0 bridgehead atoms. The molecule has 0 aliphatic carbocycles. The zero-order chi connectivity index (χ0) is 15.3. The minimum atomic E-state index is -0.902. The molecule has 0 aliphatic heterocycles. The average molecular weight is 305 g/mol. The molecule has 1 aromatic rings. The minimum absolute atomic E-state index is 0.0170. The standard InChI is InChI=1S/C12H14ClFN2O4/c1-7(3-2-4-12(17)18)15-10-6-9(14)8(13)5-11(10)16(19)20/h5-7,15H,2-4H2,1H3,(H,17,18). The smallest absolute Gasteiger partial charge is 0.303 e. The lowest BCUT2D eigenvalue weighted by Crippen LogP contribution is -2.16. The molecule has 0 aliphatic rings. The Hall–Kier alpha value is -1.89. The lowest BCUT2D eigenvalue weighted by molar-refractivity contribution is -0.384. The summed E-state index contributed by atoms with van der Waals surface area (Å²) in [6, 6.07) is 1.69. The second kappa shape index (κ2) is 7.04. The summed E-state index contributed by atoms with van der Waals surface area (Å²) < 4.78 is 13.4. The number of carbonyl (C=O) groups is 1. The number of aliphatic carboxylic acids is 1. The average Bonchev–Trinajstić information content (AvgIpc) is 2.32. The SMILES string of the molecule is CC(CCCC(=O)O)Nc1cc(F)c(Cl)cc1[N+](=O)[O-]. The van der Waals surface area contributed by atoms with Crippen LogP contribution in [0.2, 0.25) is 5.02 Å². The van der Waals surface area contributed by atoms with Crippen LogP contribution < -0.4 is 5.32 Å². The molecule has 1 aromatic carbocycles. The molecule has 20 heavy (non-hydrogen) atoms. The Kier molecular flexibility index (Phi) is 5.69. The first-order chi connectivity index (χ1) is 9.31. The Labute approximate surface area is 119 Å². The van der Waals surface area contributed by atoms with E-state index in [9.17, 15) is 19.3 Å². The highest BCUT2D eigenvalue weighted by Crippen LogP contribution is 2.31. The largest absolute Gasteiger partial charge is 0.481 e. The van der Waals surface area contributed by atoms with Crippen LogP contribution in [0.4, 0.5) is 15.8 Å². The number of nitro benzene ring substituents is 1. The Bertz CT molecular complexity index is 524. The van der Waals surface area contributed by atoms with Crippen LogP contribution in [-0.2, 0) is 4.79 Å². The van der Waals surface area contributed by atoms with Crippen LogP contribution in [0, 0.1) is 15.9 Å². The van der Waals surface area contributed by atoms with Crippen molar-refractivity contribution >= 4 is 28.9 Å². The maximum Gasteiger partial charge on any atom is 0.303 e. The fourth-order valence-corrected chi connectivity index (χ4v) is 1.86. The molecule has 2 N–H and O–H groups in total. The first-order valence-electron chi connectivity index (χ1n) is 5.93. The Morgan fingerprint density at radius 2 is 2.25 bits per heavy atom. The molecule has 8 heteroatoms. The van der Waals surface area contributed by atoms with Crippen molar-refractivity contribution in [1.82, 2.24) is 0 Å². The number of benzene rings is 1. The van der Waals surface area contributed by atoms with Crippen molar-refractivity contribution in [3.8, 4) is 0 Å². The van der Waals surface area contributed by atoms with E-state index in [-0.39, 0.29) is 28.9 Å². The Morgan fingerprint density at radius 1 is 1.60 bits per heavy atom. The molecule has 6 nitrogen and oxygen atoms in total. The summed E-state index contributed by atoms with van der Waals surface area (Å²) in [6.45, 7) is 1.73. The highest BCUT2D eigenvalue weighted by Gasteiger charge is 2.19. The predicted octanol–water partition coefficient (Wildman–Crippen LogP) is 3.44. The summed E-state index contributed by atoms with van der Waals surface area (Å²) in [5.74, 6) is -1.65. The molecule has 0 amide bonds. The van der Waals surface area contributed by atoms with Gasteiger partial charge in [-0.15, -0.1) is 0 Å². The van der Waals surface area contributed by atoms with Crippen LogP contribution in [0.5, 0.6) is 0 Å². The molecule has 1 atom stereocenters. The predicted molar refractivity (Wildman–Crippen MR) is 72.6 cm³/mol. The molecule has 1 rings (SSSR count). The van der Waals surface area contributed by atoms with Gasteiger partial charge in [0.05, 0.1) is 9.95 Å². The Balaban J connectivity index is 2.78. The van der Waals surface area contributed by atoms with E-state index in [0.717, 1.165) is 12.1 Å². The number of hydrogen-bond donors (Lipinski definition) is 2. The van der Waals surface area contributed by atoms with Gasteiger partial charge in [-0.05, 0) is 19.8 Å². The molecule has 1 unspecified atom stereocenters. The van der Waals surface area contributed by atoms with Crippen molar-refractivity contribution in [2.45, 2.75) is 32.2 Å². The van der Waals surface area contributed by atoms with Crippen molar-refractivity contribution in [3.63, 3.8) is 0 Å². The maximum absolute atomic E-state index is 13.4. The van der Waals surface area contributed by atoms with Gasteiger partial charge in [0, 0.05) is 24.6 Å². The highest BCUT2D eigenvalue weighted by molar-refractivity contribution is 6.31. The van der Waals surface area contributed by atoms with Crippen LogP contribution >= 0.6 is 11.6 Å². The second-order valence-electron chi connectivity index (χ2n) is 4.37. The third-order valence-electron chi connectivity index (χ3n) is 2.66. The third-order valence-corrected chi connectivity index (χ3v) is 2.95. The number of carboxylic acids is 1. The van der Waals surface area contributed by atoms with Crippen LogP contribution in [0.3, 0.4) is 0 Å². The summed E-state index contributed by atoms with van der Waals surface area (Å²) in [5.41, 5.74) is -0.291. The van der Waals surface area contributed by atoms with Gasteiger partial charge in [-0.2, -0.15) is 0 Å². The summed E-state index contributed by atoms with van der Waals surface area (Å²) in [5, 5.41) is 21.9. The summed E-state index contributed by atoms with van der Waals surface area (Å²) in [6.07, 6.45) is 0.935. The molecular weight excluding hydrogens is 291 g/mol. The van der Waals surface area contributed by atoms with Gasteiger partial charge in [0.15, 0.2) is 0 Å². The van der Waals surface area contributed by atoms with Gasteiger partial charge in [-0.25, -0.2) is 4.39 Å². The first-order valence-corrected chi connectivity index (χ1v) is 6.30. The van der Waals surface area contributed by atoms with Gasteiger partial charge >= 0.3 is 5.97 Å². The van der Waals surface area contributed by atoms with E-state index in [2.05, 4.69) is 5.32 Å². The summed E-state index contributed by atoms with van der Waals surface area (Å²) in [7, 11) is 0. The van der Waals surface area contributed by atoms with Crippen LogP contribution in [0.25, 0.3) is 0 Å². The van der Waals surface area contributed by atoms with Crippen molar-refractivity contribution < 1.29 is 19.2 Å². The number of anilines is 1. The van der Waals surface area contributed by atoms with E-state index < -0.39 is 16.7 Å². The lowest BCUT2D eigenvalue weighted by atomic mass is 10.1.